The van der Waals surface area contributed by atoms with Crippen LogP contribution in [0, 0.1) is 0 Å². The molecule has 3 nitrogen and oxygen atoms in total. The molecule has 0 aliphatic carbocycles. The number of halogens is 2. The van der Waals surface area contributed by atoms with Crippen molar-refractivity contribution in [2.75, 3.05) is 5.73 Å². The molecule has 2 aromatic heterocycles. The summed E-state index contributed by atoms with van der Waals surface area (Å²) in [6.45, 7) is 2.08. The fourth-order valence-electron chi connectivity index (χ4n) is 1.56. The minimum absolute atomic E-state index is 0.525. The molecule has 0 spiro atoms. The Hall–Kier alpha value is -0.930. The van der Waals surface area contributed by atoms with Crippen molar-refractivity contribution >= 4 is 34.7 Å². The molecule has 0 aliphatic rings. The zero-order chi connectivity index (χ0) is 11.0. The molecular formula is C10H11Cl2N3. The fraction of sp³-hybridized carbons (Fsp3) is 0.300. The smallest absolute Gasteiger partial charge is 0.157 e. The Labute approximate surface area is 97.8 Å². The van der Waals surface area contributed by atoms with Crippen LogP contribution in [0.1, 0.15) is 19.0 Å². The first-order chi connectivity index (χ1) is 7.13. The lowest BCUT2D eigenvalue weighted by Gasteiger charge is -1.99. The molecule has 0 saturated carbocycles. The Morgan fingerprint density at radius 3 is 2.87 bits per heavy atom. The molecule has 2 heterocycles. The number of fused-ring (bicyclic) bond motifs is 1. The standard InChI is InChI=1S/C10H11Cl2N3/c1-2-3-8-9(13)15-5-6(11)4-7(12)10(15)14-8/h4-5H,2-3,13H2,1H3. The van der Waals surface area contributed by atoms with E-state index < -0.39 is 0 Å². The summed E-state index contributed by atoms with van der Waals surface area (Å²) in [6, 6.07) is 1.67. The molecule has 2 rings (SSSR count). The predicted octanol–water partition coefficient (Wildman–Crippen LogP) is 3.18. The third kappa shape index (κ3) is 1.77. The van der Waals surface area contributed by atoms with Crippen molar-refractivity contribution in [2.45, 2.75) is 19.8 Å². The largest absolute Gasteiger partial charge is 0.383 e. The number of rotatable bonds is 2. The summed E-state index contributed by atoms with van der Waals surface area (Å²) < 4.78 is 1.73. The summed E-state index contributed by atoms with van der Waals surface area (Å²) >= 11 is 11.9. The van der Waals surface area contributed by atoms with Crippen LogP contribution in [-0.2, 0) is 6.42 Å². The topological polar surface area (TPSA) is 43.3 Å². The summed E-state index contributed by atoms with van der Waals surface area (Å²) in [7, 11) is 0. The second-order valence-electron chi connectivity index (χ2n) is 3.39. The molecule has 0 bridgehead atoms. The molecule has 0 amide bonds. The quantitative estimate of drug-likeness (QED) is 0.881. The second kappa shape index (κ2) is 3.91. The van der Waals surface area contributed by atoms with Crippen LogP contribution in [-0.4, -0.2) is 9.38 Å². The molecule has 80 valence electrons. The van der Waals surface area contributed by atoms with E-state index in [4.69, 9.17) is 28.9 Å². The molecule has 0 radical (unpaired) electrons. The van der Waals surface area contributed by atoms with Crippen LogP contribution in [0.15, 0.2) is 12.3 Å². The average Bonchev–Trinajstić information content (AvgIpc) is 2.47. The summed E-state index contributed by atoms with van der Waals surface area (Å²) in [6.07, 6.45) is 3.57. The third-order valence-corrected chi connectivity index (χ3v) is 2.73. The molecule has 0 aromatic carbocycles. The first kappa shape index (κ1) is 10.6. The Bertz CT molecular complexity index is 505. The molecule has 2 aromatic rings. The number of nitrogen functional groups attached to an aromatic ring is 1. The number of aromatic nitrogens is 2. The van der Waals surface area contributed by atoms with Crippen molar-refractivity contribution < 1.29 is 0 Å². The van der Waals surface area contributed by atoms with E-state index in [1.165, 1.54) is 0 Å². The van der Waals surface area contributed by atoms with Gasteiger partial charge in [-0.25, -0.2) is 4.98 Å². The molecule has 0 unspecified atom stereocenters. The van der Waals surface area contributed by atoms with E-state index >= 15 is 0 Å². The van der Waals surface area contributed by atoms with E-state index in [0.29, 0.717) is 21.5 Å². The molecule has 0 saturated heterocycles. The van der Waals surface area contributed by atoms with Crippen molar-refractivity contribution in [1.82, 2.24) is 9.38 Å². The lowest BCUT2D eigenvalue weighted by molar-refractivity contribution is 0.897. The van der Waals surface area contributed by atoms with Crippen molar-refractivity contribution in [3.63, 3.8) is 0 Å². The van der Waals surface area contributed by atoms with Crippen LogP contribution in [0.4, 0.5) is 5.82 Å². The van der Waals surface area contributed by atoms with Crippen molar-refractivity contribution in [3.8, 4) is 0 Å². The fourth-order valence-corrected chi connectivity index (χ4v) is 2.07. The maximum Gasteiger partial charge on any atom is 0.157 e. The van der Waals surface area contributed by atoms with Gasteiger partial charge in [0.15, 0.2) is 5.65 Å². The Morgan fingerprint density at radius 1 is 1.47 bits per heavy atom. The van der Waals surface area contributed by atoms with Crippen LogP contribution >= 0.6 is 23.2 Å². The molecule has 15 heavy (non-hydrogen) atoms. The van der Waals surface area contributed by atoms with Crippen molar-refractivity contribution in [2.24, 2.45) is 0 Å². The van der Waals surface area contributed by atoms with E-state index in [0.717, 1.165) is 18.5 Å². The summed E-state index contributed by atoms with van der Waals surface area (Å²) in [5.74, 6) is 0.622. The number of imidazole rings is 1. The normalized spacial score (nSPS) is 11.1. The van der Waals surface area contributed by atoms with E-state index in [9.17, 15) is 0 Å². The monoisotopic (exact) mass is 243 g/mol. The van der Waals surface area contributed by atoms with Gasteiger partial charge in [-0.2, -0.15) is 0 Å². The lowest BCUT2D eigenvalue weighted by atomic mass is 10.2. The molecule has 0 aliphatic heterocycles. The SMILES string of the molecule is CCCc1nc2c(Cl)cc(Cl)cn2c1N. The van der Waals surface area contributed by atoms with Crippen molar-refractivity contribution in [1.29, 1.82) is 0 Å². The van der Waals surface area contributed by atoms with Gasteiger partial charge in [0.1, 0.15) is 5.82 Å². The minimum Gasteiger partial charge on any atom is -0.383 e. The maximum atomic E-state index is 6.02. The second-order valence-corrected chi connectivity index (χ2v) is 4.24. The molecule has 0 atom stereocenters. The number of nitrogens with zero attached hydrogens (tertiary/aromatic N) is 2. The highest BCUT2D eigenvalue weighted by atomic mass is 35.5. The van der Waals surface area contributed by atoms with Crippen LogP contribution in [0.3, 0.4) is 0 Å². The van der Waals surface area contributed by atoms with Gasteiger partial charge in [-0.15, -0.1) is 0 Å². The van der Waals surface area contributed by atoms with E-state index in [1.807, 2.05) is 0 Å². The van der Waals surface area contributed by atoms with Crippen LogP contribution in [0.25, 0.3) is 5.65 Å². The maximum absolute atomic E-state index is 6.02. The van der Waals surface area contributed by atoms with Gasteiger partial charge < -0.3 is 5.73 Å². The van der Waals surface area contributed by atoms with Crippen molar-refractivity contribution in [3.05, 3.63) is 28.0 Å². The molecule has 0 fully saturated rings. The number of aryl methyl sites for hydroxylation is 1. The zero-order valence-corrected chi connectivity index (χ0v) is 9.81. The highest BCUT2D eigenvalue weighted by molar-refractivity contribution is 6.36. The zero-order valence-electron chi connectivity index (χ0n) is 8.30. The minimum atomic E-state index is 0.525. The van der Waals surface area contributed by atoms with Gasteiger partial charge >= 0.3 is 0 Å². The number of pyridine rings is 1. The summed E-state index contributed by atoms with van der Waals surface area (Å²) in [5, 5.41) is 1.08. The molecular weight excluding hydrogens is 233 g/mol. The summed E-state index contributed by atoms with van der Waals surface area (Å²) in [5.41, 5.74) is 7.49. The molecule has 2 N–H and O–H groups in total. The van der Waals surface area contributed by atoms with Gasteiger partial charge in [-0.3, -0.25) is 4.40 Å². The Kier molecular flexibility index (Phi) is 2.76. The number of hydrogen-bond acceptors (Lipinski definition) is 2. The Morgan fingerprint density at radius 2 is 2.20 bits per heavy atom. The summed E-state index contributed by atoms with van der Waals surface area (Å²) in [4.78, 5) is 4.39. The van der Waals surface area contributed by atoms with Crippen LogP contribution in [0.5, 0.6) is 0 Å². The van der Waals surface area contributed by atoms with Gasteiger partial charge in [-0.05, 0) is 12.5 Å². The lowest BCUT2D eigenvalue weighted by Crippen LogP contribution is -1.96. The number of hydrogen-bond donors (Lipinski definition) is 1. The number of anilines is 1. The van der Waals surface area contributed by atoms with E-state index in [-0.39, 0.29) is 0 Å². The van der Waals surface area contributed by atoms with Gasteiger partial charge in [0.05, 0.1) is 15.7 Å². The number of nitrogens with two attached hydrogens (primary N) is 1. The van der Waals surface area contributed by atoms with E-state index in [1.54, 1.807) is 16.7 Å². The average molecular weight is 244 g/mol. The van der Waals surface area contributed by atoms with Gasteiger partial charge in [0, 0.05) is 6.20 Å². The van der Waals surface area contributed by atoms with Gasteiger partial charge in [-0.1, -0.05) is 36.5 Å². The molecule has 5 heteroatoms. The first-order valence-corrected chi connectivity index (χ1v) is 5.50. The first-order valence-electron chi connectivity index (χ1n) is 4.75. The Balaban J connectivity index is 2.70. The highest BCUT2D eigenvalue weighted by Gasteiger charge is 2.11. The third-order valence-electron chi connectivity index (χ3n) is 2.24. The predicted molar refractivity (Wildman–Crippen MR) is 63.6 cm³/mol. The van der Waals surface area contributed by atoms with Crippen LogP contribution < -0.4 is 5.73 Å². The van der Waals surface area contributed by atoms with Gasteiger partial charge in [0.25, 0.3) is 0 Å². The van der Waals surface area contributed by atoms with E-state index in [2.05, 4.69) is 11.9 Å². The highest BCUT2D eigenvalue weighted by Crippen LogP contribution is 2.25. The van der Waals surface area contributed by atoms with Crippen LogP contribution in [0.2, 0.25) is 10.0 Å². The van der Waals surface area contributed by atoms with Gasteiger partial charge in [0.2, 0.25) is 0 Å².